The summed E-state index contributed by atoms with van der Waals surface area (Å²) in [6, 6.07) is 0. The summed E-state index contributed by atoms with van der Waals surface area (Å²) in [6.45, 7) is 6.75. The summed E-state index contributed by atoms with van der Waals surface area (Å²) in [6.07, 6.45) is 2.53. The SMILES string of the molecule is CCN1c2nc(C(C)C)ncc2N=CC1O. The third kappa shape index (κ3) is 1.78. The van der Waals surface area contributed by atoms with Gasteiger partial charge < -0.3 is 10.0 Å². The minimum Gasteiger partial charge on any atom is -0.368 e. The van der Waals surface area contributed by atoms with Crippen molar-refractivity contribution in [1.29, 1.82) is 0 Å². The average Bonchev–Trinajstić information content (AvgIpc) is 2.28. The summed E-state index contributed by atoms with van der Waals surface area (Å²) in [4.78, 5) is 14.6. The molecule has 0 radical (unpaired) electrons. The van der Waals surface area contributed by atoms with Crippen LogP contribution in [0.15, 0.2) is 11.2 Å². The smallest absolute Gasteiger partial charge is 0.164 e. The van der Waals surface area contributed by atoms with Crippen LogP contribution in [0.5, 0.6) is 0 Å². The van der Waals surface area contributed by atoms with E-state index in [1.807, 2.05) is 20.8 Å². The van der Waals surface area contributed by atoms with Crippen molar-refractivity contribution in [3.8, 4) is 0 Å². The molecule has 1 aromatic rings. The van der Waals surface area contributed by atoms with Crippen LogP contribution in [0.4, 0.5) is 11.5 Å². The van der Waals surface area contributed by atoms with Crippen molar-refractivity contribution in [3.05, 3.63) is 12.0 Å². The molecule has 1 unspecified atom stereocenters. The number of rotatable bonds is 2. The van der Waals surface area contributed by atoms with Gasteiger partial charge in [0, 0.05) is 12.5 Å². The average molecular weight is 220 g/mol. The first kappa shape index (κ1) is 11.0. The van der Waals surface area contributed by atoms with Crippen LogP contribution in [0.2, 0.25) is 0 Å². The van der Waals surface area contributed by atoms with Crippen molar-refractivity contribution in [2.75, 3.05) is 11.4 Å². The highest BCUT2D eigenvalue weighted by Crippen LogP contribution is 2.30. The van der Waals surface area contributed by atoms with Crippen LogP contribution in [0, 0.1) is 0 Å². The van der Waals surface area contributed by atoms with Gasteiger partial charge in [-0.2, -0.15) is 0 Å². The van der Waals surface area contributed by atoms with E-state index in [9.17, 15) is 5.11 Å². The summed E-state index contributed by atoms with van der Waals surface area (Å²) in [5.41, 5.74) is 0.719. The van der Waals surface area contributed by atoms with E-state index >= 15 is 0 Å². The van der Waals surface area contributed by atoms with Gasteiger partial charge in [0.05, 0.1) is 12.4 Å². The first-order chi connectivity index (χ1) is 7.63. The Hall–Kier alpha value is -1.49. The Morgan fingerprint density at radius 3 is 2.88 bits per heavy atom. The Morgan fingerprint density at radius 2 is 2.25 bits per heavy atom. The van der Waals surface area contributed by atoms with Crippen LogP contribution in [0.1, 0.15) is 32.5 Å². The van der Waals surface area contributed by atoms with E-state index in [4.69, 9.17) is 0 Å². The highest BCUT2D eigenvalue weighted by atomic mass is 16.3. The van der Waals surface area contributed by atoms with Gasteiger partial charge in [-0.1, -0.05) is 13.8 Å². The molecule has 86 valence electrons. The van der Waals surface area contributed by atoms with E-state index < -0.39 is 6.23 Å². The van der Waals surface area contributed by atoms with Gasteiger partial charge in [0.25, 0.3) is 0 Å². The number of aliphatic hydroxyl groups excluding tert-OH is 1. The molecule has 1 aliphatic heterocycles. The van der Waals surface area contributed by atoms with Crippen molar-refractivity contribution in [3.63, 3.8) is 0 Å². The van der Waals surface area contributed by atoms with E-state index in [-0.39, 0.29) is 5.92 Å². The quantitative estimate of drug-likeness (QED) is 0.819. The Balaban J connectivity index is 2.47. The Morgan fingerprint density at radius 1 is 1.50 bits per heavy atom. The van der Waals surface area contributed by atoms with Gasteiger partial charge >= 0.3 is 0 Å². The first-order valence-electron chi connectivity index (χ1n) is 5.49. The topological polar surface area (TPSA) is 61.6 Å². The molecule has 1 N–H and O–H groups in total. The van der Waals surface area contributed by atoms with E-state index in [1.165, 1.54) is 6.21 Å². The normalized spacial score (nSPS) is 19.1. The zero-order chi connectivity index (χ0) is 11.7. The molecule has 0 amide bonds. The molecule has 0 aliphatic carbocycles. The Labute approximate surface area is 94.9 Å². The lowest BCUT2D eigenvalue weighted by Gasteiger charge is -2.29. The predicted molar refractivity (Wildman–Crippen MR) is 63.3 cm³/mol. The molecule has 1 atom stereocenters. The lowest BCUT2D eigenvalue weighted by molar-refractivity contribution is 0.238. The van der Waals surface area contributed by atoms with Gasteiger partial charge in [0.15, 0.2) is 12.0 Å². The number of aliphatic imine (C=N–C) groups is 1. The van der Waals surface area contributed by atoms with Crippen LogP contribution < -0.4 is 4.90 Å². The summed E-state index contributed by atoms with van der Waals surface area (Å²) in [5, 5.41) is 9.76. The van der Waals surface area contributed by atoms with Crippen molar-refractivity contribution >= 4 is 17.7 Å². The van der Waals surface area contributed by atoms with Crippen LogP contribution in [0.25, 0.3) is 0 Å². The standard InChI is InChI=1S/C11H16N4O/c1-4-15-9(16)6-12-8-5-13-10(7(2)3)14-11(8)15/h5-7,9,16H,4H2,1-3H3. The van der Waals surface area contributed by atoms with Gasteiger partial charge in [0.2, 0.25) is 0 Å². The van der Waals surface area contributed by atoms with Crippen molar-refractivity contribution in [2.24, 2.45) is 4.99 Å². The Bertz CT molecular complexity index is 416. The molecule has 0 saturated carbocycles. The largest absolute Gasteiger partial charge is 0.368 e. The highest BCUT2D eigenvalue weighted by Gasteiger charge is 2.22. The van der Waals surface area contributed by atoms with E-state index in [1.54, 1.807) is 11.1 Å². The molecule has 2 rings (SSSR count). The van der Waals surface area contributed by atoms with Crippen molar-refractivity contribution in [1.82, 2.24) is 9.97 Å². The van der Waals surface area contributed by atoms with E-state index in [0.717, 1.165) is 17.3 Å². The summed E-state index contributed by atoms with van der Waals surface area (Å²) >= 11 is 0. The third-order valence-electron chi connectivity index (χ3n) is 2.56. The van der Waals surface area contributed by atoms with Crippen LogP contribution in [-0.2, 0) is 0 Å². The number of aromatic nitrogens is 2. The molecule has 2 heterocycles. The molecule has 0 saturated heterocycles. The third-order valence-corrected chi connectivity index (χ3v) is 2.56. The molecule has 5 nitrogen and oxygen atoms in total. The van der Waals surface area contributed by atoms with Gasteiger partial charge in [-0.3, -0.25) is 4.99 Å². The maximum Gasteiger partial charge on any atom is 0.164 e. The van der Waals surface area contributed by atoms with Crippen molar-refractivity contribution in [2.45, 2.75) is 32.9 Å². The zero-order valence-corrected chi connectivity index (χ0v) is 9.75. The summed E-state index contributed by atoms with van der Waals surface area (Å²) in [7, 11) is 0. The fraction of sp³-hybridized carbons (Fsp3) is 0.545. The molecule has 0 fully saturated rings. The lowest BCUT2D eigenvalue weighted by atomic mass is 10.2. The van der Waals surface area contributed by atoms with Gasteiger partial charge in [-0.25, -0.2) is 9.97 Å². The lowest BCUT2D eigenvalue weighted by Crippen LogP contribution is -2.38. The predicted octanol–water partition coefficient (Wildman–Crippen LogP) is 1.46. The molecule has 16 heavy (non-hydrogen) atoms. The number of nitrogens with zero attached hydrogens (tertiary/aromatic N) is 4. The number of aliphatic hydroxyl groups is 1. The second-order valence-corrected chi connectivity index (χ2v) is 4.07. The minimum absolute atomic E-state index is 0.270. The summed E-state index contributed by atoms with van der Waals surface area (Å²) < 4.78 is 0. The minimum atomic E-state index is -0.688. The zero-order valence-electron chi connectivity index (χ0n) is 9.75. The van der Waals surface area contributed by atoms with Crippen LogP contribution in [0.3, 0.4) is 0 Å². The van der Waals surface area contributed by atoms with Gasteiger partial charge in [0.1, 0.15) is 11.5 Å². The number of anilines is 1. The molecular formula is C11H16N4O. The second-order valence-electron chi connectivity index (χ2n) is 4.07. The number of hydrogen-bond acceptors (Lipinski definition) is 5. The van der Waals surface area contributed by atoms with E-state index in [0.29, 0.717) is 6.54 Å². The van der Waals surface area contributed by atoms with Crippen molar-refractivity contribution < 1.29 is 5.11 Å². The van der Waals surface area contributed by atoms with Crippen LogP contribution in [-0.4, -0.2) is 34.1 Å². The number of fused-ring (bicyclic) bond motifs is 1. The maximum absolute atomic E-state index is 9.76. The molecule has 1 aromatic heterocycles. The second kappa shape index (κ2) is 4.17. The van der Waals surface area contributed by atoms with Gasteiger partial charge in [-0.15, -0.1) is 0 Å². The molecule has 1 aliphatic rings. The van der Waals surface area contributed by atoms with Gasteiger partial charge in [-0.05, 0) is 6.92 Å². The number of hydrogen-bond donors (Lipinski definition) is 1. The summed E-state index contributed by atoms with van der Waals surface area (Å²) in [5.74, 6) is 1.77. The molecule has 0 spiro atoms. The molecule has 0 aromatic carbocycles. The molecule has 0 bridgehead atoms. The maximum atomic E-state index is 9.76. The first-order valence-corrected chi connectivity index (χ1v) is 5.49. The van der Waals surface area contributed by atoms with Crippen LogP contribution >= 0.6 is 0 Å². The fourth-order valence-electron chi connectivity index (χ4n) is 1.65. The fourth-order valence-corrected chi connectivity index (χ4v) is 1.65. The molecular weight excluding hydrogens is 204 g/mol. The monoisotopic (exact) mass is 220 g/mol. The Kier molecular flexibility index (Phi) is 2.87. The van der Waals surface area contributed by atoms with E-state index in [2.05, 4.69) is 15.0 Å². The highest BCUT2D eigenvalue weighted by molar-refractivity contribution is 5.80. The molecule has 5 heteroatoms.